The van der Waals surface area contributed by atoms with Crippen molar-refractivity contribution in [2.24, 2.45) is 0 Å². The van der Waals surface area contributed by atoms with E-state index < -0.39 is 0 Å². The lowest BCUT2D eigenvalue weighted by Crippen LogP contribution is -2.35. The smallest absolute Gasteiger partial charge is 0.0161 e. The van der Waals surface area contributed by atoms with Crippen LogP contribution in [-0.2, 0) is 0 Å². The summed E-state index contributed by atoms with van der Waals surface area (Å²) in [5, 5.41) is 3.58. The molecule has 2 heteroatoms. The zero-order valence-electron chi connectivity index (χ0n) is 9.33. The van der Waals surface area contributed by atoms with Gasteiger partial charge in [0, 0.05) is 16.7 Å². The summed E-state index contributed by atoms with van der Waals surface area (Å²) in [6.07, 6.45) is 4.09. The molecule has 1 aromatic carbocycles. The number of aryl methyl sites for hydroxylation is 1. The number of benzene rings is 1. The minimum Gasteiger partial charge on any atom is -0.313 e. The largest absolute Gasteiger partial charge is 0.313 e. The predicted molar refractivity (Wildman–Crippen MR) is 67.5 cm³/mol. The van der Waals surface area contributed by atoms with Gasteiger partial charge in [0.1, 0.15) is 0 Å². The second-order valence-electron chi connectivity index (χ2n) is 4.27. The van der Waals surface area contributed by atoms with Crippen LogP contribution >= 0.6 is 11.8 Å². The summed E-state index contributed by atoms with van der Waals surface area (Å²) < 4.78 is 0. The molecule has 0 saturated carbocycles. The van der Waals surface area contributed by atoms with Crippen molar-refractivity contribution in [3.8, 4) is 0 Å². The molecule has 0 aliphatic carbocycles. The fourth-order valence-electron chi connectivity index (χ4n) is 1.97. The molecule has 1 nitrogen and oxygen atoms in total. The van der Waals surface area contributed by atoms with Crippen molar-refractivity contribution < 1.29 is 0 Å². The van der Waals surface area contributed by atoms with Crippen LogP contribution in [0, 0.1) is 6.92 Å². The first-order chi connectivity index (χ1) is 7.34. The lowest BCUT2D eigenvalue weighted by molar-refractivity contribution is 0.430. The molecular weight excluding hydrogens is 202 g/mol. The topological polar surface area (TPSA) is 12.0 Å². The highest BCUT2D eigenvalue weighted by Gasteiger charge is 2.12. The van der Waals surface area contributed by atoms with Gasteiger partial charge in [0.05, 0.1) is 0 Å². The second-order valence-corrected chi connectivity index (χ2v) is 5.37. The molecule has 82 valence electrons. The first-order valence-electron chi connectivity index (χ1n) is 5.77. The Bertz CT molecular complexity index is 305. The van der Waals surface area contributed by atoms with Gasteiger partial charge in [0.2, 0.25) is 0 Å². The van der Waals surface area contributed by atoms with Crippen molar-refractivity contribution in [1.29, 1.82) is 0 Å². The molecular formula is C13H19NS. The summed E-state index contributed by atoms with van der Waals surface area (Å²) >= 11 is 1.98. The Hall–Kier alpha value is -0.470. The van der Waals surface area contributed by atoms with Gasteiger partial charge in [-0.25, -0.2) is 0 Å². The summed E-state index contributed by atoms with van der Waals surface area (Å²) in [4.78, 5) is 1.40. The number of hydrogen-bond donors (Lipinski definition) is 1. The highest BCUT2D eigenvalue weighted by Crippen LogP contribution is 2.21. The van der Waals surface area contributed by atoms with Crippen molar-refractivity contribution >= 4 is 11.8 Å². The Morgan fingerprint density at radius 3 is 3.07 bits per heavy atom. The minimum absolute atomic E-state index is 0.726. The first kappa shape index (κ1) is 11.0. The summed E-state index contributed by atoms with van der Waals surface area (Å²) in [6, 6.07) is 9.51. The van der Waals surface area contributed by atoms with E-state index in [0.717, 1.165) is 6.04 Å². The summed E-state index contributed by atoms with van der Waals surface area (Å²) in [7, 11) is 0. The zero-order valence-corrected chi connectivity index (χ0v) is 10.1. The Kier molecular flexibility index (Phi) is 4.09. The molecule has 1 atom stereocenters. The normalized spacial score (nSPS) is 21.5. The predicted octanol–water partition coefficient (Wildman–Crippen LogP) is 3.23. The highest BCUT2D eigenvalue weighted by molar-refractivity contribution is 7.99. The lowest BCUT2D eigenvalue weighted by Gasteiger charge is -2.22. The van der Waals surface area contributed by atoms with Crippen LogP contribution in [0.4, 0.5) is 0 Å². The molecule has 0 aromatic heterocycles. The Morgan fingerprint density at radius 1 is 1.40 bits per heavy atom. The molecule has 0 spiro atoms. The average Bonchev–Trinajstić information content (AvgIpc) is 2.28. The van der Waals surface area contributed by atoms with Crippen molar-refractivity contribution in [1.82, 2.24) is 5.32 Å². The van der Waals surface area contributed by atoms with E-state index in [-0.39, 0.29) is 0 Å². The molecule has 0 amide bonds. The van der Waals surface area contributed by atoms with Crippen molar-refractivity contribution in [2.75, 3.05) is 12.3 Å². The van der Waals surface area contributed by atoms with Crippen LogP contribution in [-0.4, -0.2) is 18.3 Å². The molecule has 1 N–H and O–H groups in total. The molecule has 0 bridgehead atoms. The minimum atomic E-state index is 0.726. The van der Waals surface area contributed by atoms with Crippen LogP contribution in [0.25, 0.3) is 0 Å². The van der Waals surface area contributed by atoms with E-state index in [1.165, 1.54) is 42.0 Å². The fraction of sp³-hybridized carbons (Fsp3) is 0.538. The molecule has 2 rings (SSSR count). The summed E-state index contributed by atoms with van der Waals surface area (Å²) in [5.41, 5.74) is 1.36. The van der Waals surface area contributed by atoms with Gasteiger partial charge in [-0.1, -0.05) is 24.1 Å². The van der Waals surface area contributed by atoms with Gasteiger partial charge >= 0.3 is 0 Å². The van der Waals surface area contributed by atoms with Crippen molar-refractivity contribution in [3.05, 3.63) is 29.8 Å². The van der Waals surface area contributed by atoms with Crippen LogP contribution in [0.15, 0.2) is 29.2 Å². The number of hydrogen-bond acceptors (Lipinski definition) is 2. The maximum absolute atomic E-state index is 3.58. The monoisotopic (exact) mass is 221 g/mol. The van der Waals surface area contributed by atoms with Gasteiger partial charge < -0.3 is 5.32 Å². The molecule has 15 heavy (non-hydrogen) atoms. The molecule has 1 heterocycles. The first-order valence-corrected chi connectivity index (χ1v) is 6.76. The highest BCUT2D eigenvalue weighted by atomic mass is 32.2. The molecule has 1 aliphatic rings. The molecule has 0 radical (unpaired) electrons. The number of nitrogens with one attached hydrogen (secondary N) is 1. The SMILES string of the molecule is Cc1cccc(SCC2CCCCN2)c1. The second kappa shape index (κ2) is 5.57. The number of piperidine rings is 1. The van der Waals surface area contributed by atoms with Gasteiger partial charge in [0.15, 0.2) is 0 Å². The standard InChI is InChI=1S/C13H19NS/c1-11-5-4-7-13(9-11)15-10-12-6-2-3-8-14-12/h4-5,7,9,12,14H,2-3,6,8,10H2,1H3. The van der Waals surface area contributed by atoms with Crippen LogP contribution in [0.1, 0.15) is 24.8 Å². The summed E-state index contributed by atoms with van der Waals surface area (Å²) in [5.74, 6) is 1.21. The van der Waals surface area contributed by atoms with E-state index in [1.807, 2.05) is 11.8 Å². The van der Waals surface area contributed by atoms with E-state index in [9.17, 15) is 0 Å². The molecule has 1 saturated heterocycles. The van der Waals surface area contributed by atoms with Gasteiger partial charge in [0.25, 0.3) is 0 Å². The van der Waals surface area contributed by atoms with Crippen LogP contribution in [0.5, 0.6) is 0 Å². The molecule has 1 aromatic rings. The van der Waals surface area contributed by atoms with Gasteiger partial charge in [-0.2, -0.15) is 0 Å². The third-order valence-electron chi connectivity index (χ3n) is 2.85. The maximum Gasteiger partial charge on any atom is 0.0161 e. The lowest BCUT2D eigenvalue weighted by atomic mass is 10.1. The van der Waals surface area contributed by atoms with Gasteiger partial charge in [-0.3, -0.25) is 0 Å². The van der Waals surface area contributed by atoms with E-state index in [1.54, 1.807) is 0 Å². The van der Waals surface area contributed by atoms with Gasteiger partial charge in [-0.15, -0.1) is 11.8 Å². The van der Waals surface area contributed by atoms with E-state index in [0.29, 0.717) is 0 Å². The van der Waals surface area contributed by atoms with Crippen molar-refractivity contribution in [3.63, 3.8) is 0 Å². The van der Waals surface area contributed by atoms with Crippen molar-refractivity contribution in [2.45, 2.75) is 37.1 Å². The van der Waals surface area contributed by atoms with Gasteiger partial charge in [-0.05, 0) is 38.4 Å². The molecule has 1 aliphatic heterocycles. The van der Waals surface area contributed by atoms with E-state index in [2.05, 4.69) is 36.5 Å². The third-order valence-corrected chi connectivity index (χ3v) is 4.01. The van der Waals surface area contributed by atoms with E-state index in [4.69, 9.17) is 0 Å². The number of rotatable bonds is 3. The van der Waals surface area contributed by atoms with Crippen LogP contribution < -0.4 is 5.32 Å². The zero-order chi connectivity index (χ0) is 10.5. The van der Waals surface area contributed by atoms with E-state index >= 15 is 0 Å². The van der Waals surface area contributed by atoms with Crippen LogP contribution in [0.2, 0.25) is 0 Å². The number of thioether (sulfide) groups is 1. The maximum atomic E-state index is 3.58. The quantitative estimate of drug-likeness (QED) is 0.787. The Morgan fingerprint density at radius 2 is 2.33 bits per heavy atom. The fourth-order valence-corrected chi connectivity index (χ4v) is 3.09. The molecule has 1 fully saturated rings. The van der Waals surface area contributed by atoms with Crippen LogP contribution in [0.3, 0.4) is 0 Å². The summed E-state index contributed by atoms with van der Waals surface area (Å²) in [6.45, 7) is 3.36. The third kappa shape index (κ3) is 3.54. The Labute approximate surface area is 96.7 Å². The molecule has 1 unspecified atom stereocenters. The average molecular weight is 221 g/mol. The Balaban J connectivity index is 1.81.